The van der Waals surface area contributed by atoms with Gasteiger partial charge in [0.25, 0.3) is 5.89 Å². The number of nitrogens with zero attached hydrogens (tertiary/aromatic N) is 3. The van der Waals surface area contributed by atoms with E-state index < -0.39 is 0 Å². The van der Waals surface area contributed by atoms with Gasteiger partial charge < -0.3 is 24.2 Å². The zero-order chi connectivity index (χ0) is 24.8. The highest BCUT2D eigenvalue weighted by atomic mass is 32.1. The summed E-state index contributed by atoms with van der Waals surface area (Å²) in [6.07, 6.45) is 0.812. The maximum atomic E-state index is 13.8. The molecule has 0 bridgehead atoms. The Morgan fingerprint density at radius 2 is 1.94 bits per heavy atom. The third kappa shape index (κ3) is 5.68. The van der Waals surface area contributed by atoms with Crippen molar-refractivity contribution in [3.8, 4) is 17.1 Å². The fourth-order valence-electron chi connectivity index (χ4n) is 4.05. The minimum Gasteiger partial charge on any atom is -0.494 e. The highest BCUT2D eigenvalue weighted by Gasteiger charge is 2.34. The average Bonchev–Trinajstić information content (AvgIpc) is 3.34. The van der Waals surface area contributed by atoms with E-state index in [2.05, 4.69) is 15.5 Å². The molecule has 4 rings (SSSR count). The number of aromatic nitrogens is 2. The lowest BCUT2D eigenvalue weighted by atomic mass is 9.94. The van der Waals surface area contributed by atoms with Gasteiger partial charge in [0.1, 0.15) is 11.6 Å². The number of ether oxygens (including phenoxy) is 2. The standard InChI is InChI=1S/C26H29FN4O3S/c1-4-32-15-7-14-31-17(3)22(25-29-24(30-34-25)19-8-6-9-20(27)16-19)23(28-26(31)35)18-10-12-21(13-11-18)33-5-2/h6,8-13,16,23H,4-5,7,14-15H2,1-3H3,(H,28,35). The molecule has 1 atom stereocenters. The lowest BCUT2D eigenvalue weighted by Crippen LogP contribution is -2.46. The quantitative estimate of drug-likeness (QED) is 0.297. The van der Waals surface area contributed by atoms with Crippen LogP contribution in [0.5, 0.6) is 5.75 Å². The first kappa shape index (κ1) is 24.8. The zero-order valence-electron chi connectivity index (χ0n) is 20.1. The van der Waals surface area contributed by atoms with Gasteiger partial charge >= 0.3 is 0 Å². The minimum atomic E-state index is -0.360. The molecule has 0 saturated carbocycles. The molecule has 1 aromatic heterocycles. The molecule has 9 heteroatoms. The van der Waals surface area contributed by atoms with Crippen LogP contribution >= 0.6 is 12.2 Å². The van der Waals surface area contributed by atoms with Crippen molar-refractivity contribution in [1.82, 2.24) is 20.4 Å². The van der Waals surface area contributed by atoms with Crippen molar-refractivity contribution in [3.05, 3.63) is 71.5 Å². The molecule has 7 nitrogen and oxygen atoms in total. The highest BCUT2D eigenvalue weighted by Crippen LogP contribution is 2.38. The number of halogens is 1. The van der Waals surface area contributed by atoms with Gasteiger partial charge in [-0.15, -0.1) is 0 Å². The van der Waals surface area contributed by atoms with E-state index in [4.69, 9.17) is 26.2 Å². The summed E-state index contributed by atoms with van der Waals surface area (Å²) in [7, 11) is 0. The smallest absolute Gasteiger partial charge is 0.258 e. The number of rotatable bonds is 10. The lowest BCUT2D eigenvalue weighted by molar-refractivity contribution is 0.141. The van der Waals surface area contributed by atoms with E-state index >= 15 is 0 Å². The van der Waals surface area contributed by atoms with E-state index in [9.17, 15) is 4.39 Å². The second-order valence-electron chi connectivity index (χ2n) is 8.02. The van der Waals surface area contributed by atoms with Crippen molar-refractivity contribution >= 4 is 22.9 Å². The van der Waals surface area contributed by atoms with Gasteiger partial charge in [-0.3, -0.25) is 0 Å². The van der Waals surface area contributed by atoms with Crippen LogP contribution in [0, 0.1) is 5.82 Å². The fourth-order valence-corrected chi connectivity index (χ4v) is 4.39. The molecule has 0 aliphatic carbocycles. The van der Waals surface area contributed by atoms with E-state index in [0.717, 1.165) is 29.0 Å². The minimum absolute atomic E-state index is 0.304. The molecule has 3 aromatic rings. The molecule has 1 N–H and O–H groups in total. The Bertz CT molecular complexity index is 1200. The molecule has 1 unspecified atom stereocenters. The number of thiocarbonyl (C=S) groups is 1. The van der Waals surface area contributed by atoms with Crippen molar-refractivity contribution in [1.29, 1.82) is 0 Å². The second kappa shape index (κ2) is 11.4. The van der Waals surface area contributed by atoms with Gasteiger partial charge in [0.05, 0.1) is 18.2 Å². The van der Waals surface area contributed by atoms with Gasteiger partial charge in [0, 0.05) is 31.0 Å². The predicted molar refractivity (Wildman–Crippen MR) is 136 cm³/mol. The summed E-state index contributed by atoms with van der Waals surface area (Å²) in [5.41, 5.74) is 3.25. The molecule has 184 valence electrons. The normalized spacial score (nSPS) is 15.9. The maximum Gasteiger partial charge on any atom is 0.258 e. The highest BCUT2D eigenvalue weighted by molar-refractivity contribution is 7.80. The number of hydrogen-bond donors (Lipinski definition) is 1. The molecule has 0 radical (unpaired) electrons. The van der Waals surface area contributed by atoms with Gasteiger partial charge in [-0.05, 0) is 69.2 Å². The van der Waals surface area contributed by atoms with Gasteiger partial charge in [-0.25, -0.2) is 4.39 Å². The monoisotopic (exact) mass is 496 g/mol. The summed E-state index contributed by atoms with van der Waals surface area (Å²) < 4.78 is 30.6. The summed E-state index contributed by atoms with van der Waals surface area (Å²) in [6.45, 7) is 8.52. The van der Waals surface area contributed by atoms with Gasteiger partial charge in [0.2, 0.25) is 5.82 Å². The predicted octanol–water partition coefficient (Wildman–Crippen LogP) is 5.36. The van der Waals surface area contributed by atoms with Crippen molar-refractivity contribution in [2.75, 3.05) is 26.4 Å². The molecular formula is C26H29FN4O3S. The van der Waals surface area contributed by atoms with Crippen molar-refractivity contribution in [3.63, 3.8) is 0 Å². The SMILES string of the molecule is CCOCCCN1C(=S)NC(c2ccc(OCC)cc2)C(c2nc(-c3cccc(F)c3)no2)=C1C. The average molecular weight is 497 g/mol. The summed E-state index contributed by atoms with van der Waals surface area (Å²) >= 11 is 5.73. The molecule has 0 saturated heterocycles. The van der Waals surface area contributed by atoms with Crippen LogP contribution in [-0.2, 0) is 4.74 Å². The van der Waals surface area contributed by atoms with Crippen LogP contribution in [0.25, 0.3) is 17.0 Å². The molecule has 1 aliphatic heterocycles. The lowest BCUT2D eigenvalue weighted by Gasteiger charge is -2.37. The Morgan fingerprint density at radius 3 is 2.66 bits per heavy atom. The first-order valence-corrected chi connectivity index (χ1v) is 12.1. The van der Waals surface area contributed by atoms with Crippen LogP contribution < -0.4 is 10.1 Å². The van der Waals surface area contributed by atoms with Gasteiger partial charge in [-0.1, -0.05) is 29.4 Å². The Kier molecular flexibility index (Phi) is 8.09. The maximum absolute atomic E-state index is 13.8. The Labute approximate surface area is 209 Å². The Morgan fingerprint density at radius 1 is 1.14 bits per heavy atom. The van der Waals surface area contributed by atoms with Crippen LogP contribution in [0.2, 0.25) is 0 Å². The van der Waals surface area contributed by atoms with Crippen molar-refractivity contribution in [2.24, 2.45) is 0 Å². The number of nitrogens with one attached hydrogen (secondary N) is 1. The topological polar surface area (TPSA) is 72.7 Å². The summed E-state index contributed by atoms with van der Waals surface area (Å²) in [4.78, 5) is 6.65. The zero-order valence-corrected chi connectivity index (χ0v) is 20.9. The van der Waals surface area contributed by atoms with Crippen LogP contribution in [-0.4, -0.2) is 46.5 Å². The number of allylic oxidation sites excluding steroid dienone is 1. The first-order valence-electron chi connectivity index (χ1n) is 11.7. The molecule has 2 aromatic carbocycles. The van der Waals surface area contributed by atoms with E-state index in [1.165, 1.54) is 12.1 Å². The molecule has 0 amide bonds. The summed E-state index contributed by atoms with van der Waals surface area (Å²) in [6, 6.07) is 13.7. The van der Waals surface area contributed by atoms with Crippen LogP contribution in [0.3, 0.4) is 0 Å². The number of benzene rings is 2. The molecule has 1 aliphatic rings. The van der Waals surface area contributed by atoms with E-state index in [-0.39, 0.29) is 11.9 Å². The number of hydrogen-bond acceptors (Lipinski definition) is 6. The third-order valence-corrected chi connectivity index (χ3v) is 6.07. The third-order valence-electron chi connectivity index (χ3n) is 5.73. The molecule has 35 heavy (non-hydrogen) atoms. The largest absolute Gasteiger partial charge is 0.494 e. The first-order chi connectivity index (χ1) is 17.0. The van der Waals surface area contributed by atoms with Crippen LogP contribution in [0.15, 0.2) is 58.8 Å². The molecule has 0 spiro atoms. The van der Waals surface area contributed by atoms with E-state index in [1.54, 1.807) is 12.1 Å². The molecular weight excluding hydrogens is 467 g/mol. The second-order valence-corrected chi connectivity index (χ2v) is 8.41. The Balaban J connectivity index is 1.72. The summed E-state index contributed by atoms with van der Waals surface area (Å²) in [5.74, 6) is 1.11. The van der Waals surface area contributed by atoms with Crippen molar-refractivity contribution in [2.45, 2.75) is 33.2 Å². The van der Waals surface area contributed by atoms with Crippen LogP contribution in [0.1, 0.15) is 44.7 Å². The summed E-state index contributed by atoms with van der Waals surface area (Å²) in [5, 5.41) is 8.19. The van der Waals surface area contributed by atoms with E-state index in [1.807, 2.05) is 49.9 Å². The molecule has 2 heterocycles. The van der Waals surface area contributed by atoms with Crippen molar-refractivity contribution < 1.29 is 18.4 Å². The molecule has 0 fully saturated rings. The van der Waals surface area contributed by atoms with Crippen LogP contribution in [0.4, 0.5) is 4.39 Å². The van der Waals surface area contributed by atoms with E-state index in [0.29, 0.717) is 48.8 Å². The van der Waals surface area contributed by atoms with Gasteiger partial charge in [-0.2, -0.15) is 4.98 Å². The van der Waals surface area contributed by atoms with Gasteiger partial charge in [0.15, 0.2) is 5.11 Å². The fraction of sp³-hybridized carbons (Fsp3) is 0.346. The Hall–Kier alpha value is -3.30.